The molecule has 2 heterocycles. The van der Waals surface area contributed by atoms with Gasteiger partial charge in [-0.05, 0) is 30.5 Å². The minimum absolute atomic E-state index is 0.00385. The second kappa shape index (κ2) is 8.59. The minimum atomic E-state index is 0.00385. The number of carbonyl (C=O) groups excluding carboxylic acids is 2. The number of piperazine rings is 1. The summed E-state index contributed by atoms with van der Waals surface area (Å²) in [5.41, 5.74) is 1.43. The van der Waals surface area contributed by atoms with Gasteiger partial charge in [0.05, 0.1) is 11.3 Å². The lowest BCUT2D eigenvalue weighted by Gasteiger charge is -2.35. The number of carbonyl (C=O) groups is 2. The third kappa shape index (κ3) is 4.11. The summed E-state index contributed by atoms with van der Waals surface area (Å²) in [6.45, 7) is 2.42. The Morgan fingerprint density at radius 2 is 1.68 bits per heavy atom. The van der Waals surface area contributed by atoms with E-state index in [9.17, 15) is 9.59 Å². The number of aromatic nitrogens is 2. The summed E-state index contributed by atoms with van der Waals surface area (Å²) < 4.78 is 1.72. The molecule has 1 aromatic heterocycles. The van der Waals surface area contributed by atoms with Gasteiger partial charge in [-0.25, -0.2) is 4.68 Å². The summed E-state index contributed by atoms with van der Waals surface area (Å²) in [4.78, 5) is 29.4. The van der Waals surface area contributed by atoms with Gasteiger partial charge < -0.3 is 9.80 Å². The van der Waals surface area contributed by atoms with Crippen LogP contribution in [0.4, 0.5) is 0 Å². The van der Waals surface area contributed by atoms with Crippen molar-refractivity contribution >= 4 is 11.8 Å². The number of benzene rings is 1. The molecule has 1 aliphatic heterocycles. The zero-order valence-corrected chi connectivity index (χ0v) is 16.3. The molecule has 2 fully saturated rings. The number of nitrogens with zero attached hydrogens (tertiary/aromatic N) is 4. The van der Waals surface area contributed by atoms with Crippen LogP contribution in [0.2, 0.25) is 0 Å². The van der Waals surface area contributed by atoms with E-state index in [-0.39, 0.29) is 11.8 Å². The van der Waals surface area contributed by atoms with Crippen LogP contribution in [0, 0.1) is 5.92 Å². The fourth-order valence-corrected chi connectivity index (χ4v) is 4.38. The monoisotopic (exact) mass is 380 g/mol. The molecule has 0 atom stereocenters. The lowest BCUT2D eigenvalue weighted by atomic mass is 10.0. The molecule has 2 aliphatic rings. The van der Waals surface area contributed by atoms with E-state index in [1.165, 1.54) is 25.7 Å². The highest BCUT2D eigenvalue weighted by Gasteiger charge is 2.27. The van der Waals surface area contributed by atoms with E-state index in [2.05, 4.69) is 5.10 Å². The van der Waals surface area contributed by atoms with Crippen molar-refractivity contribution in [1.29, 1.82) is 0 Å². The van der Waals surface area contributed by atoms with Gasteiger partial charge in [0.1, 0.15) is 0 Å². The Morgan fingerprint density at radius 1 is 0.964 bits per heavy atom. The van der Waals surface area contributed by atoms with Crippen molar-refractivity contribution in [2.75, 3.05) is 26.2 Å². The maximum absolute atomic E-state index is 13.1. The van der Waals surface area contributed by atoms with Crippen molar-refractivity contribution in [3.8, 4) is 5.69 Å². The summed E-state index contributed by atoms with van der Waals surface area (Å²) in [5.74, 6) is 0.991. The van der Waals surface area contributed by atoms with Crippen LogP contribution in [0.15, 0.2) is 42.7 Å². The third-order valence-corrected chi connectivity index (χ3v) is 6.05. The molecule has 0 spiro atoms. The maximum Gasteiger partial charge on any atom is 0.256 e. The van der Waals surface area contributed by atoms with Crippen LogP contribution in [-0.2, 0) is 4.79 Å². The second-order valence-electron chi connectivity index (χ2n) is 7.83. The van der Waals surface area contributed by atoms with Crippen LogP contribution in [0.5, 0.6) is 0 Å². The third-order valence-electron chi connectivity index (χ3n) is 6.05. The zero-order valence-electron chi connectivity index (χ0n) is 16.3. The summed E-state index contributed by atoms with van der Waals surface area (Å²) in [7, 11) is 0. The molecule has 1 aliphatic carbocycles. The number of rotatable bonds is 5. The van der Waals surface area contributed by atoms with Crippen LogP contribution in [-0.4, -0.2) is 57.6 Å². The molecule has 1 saturated carbocycles. The Hall–Kier alpha value is -2.63. The molecule has 1 saturated heterocycles. The maximum atomic E-state index is 13.1. The van der Waals surface area contributed by atoms with Crippen molar-refractivity contribution < 1.29 is 9.59 Å². The summed E-state index contributed by atoms with van der Waals surface area (Å²) in [6.07, 6.45) is 10.4. The molecule has 148 valence electrons. The average molecular weight is 380 g/mol. The molecular formula is C22H28N4O2. The topological polar surface area (TPSA) is 58.4 Å². The molecule has 0 N–H and O–H groups in total. The van der Waals surface area contributed by atoms with Crippen LogP contribution < -0.4 is 0 Å². The Bertz CT molecular complexity index is 804. The summed E-state index contributed by atoms with van der Waals surface area (Å²) in [6, 6.07) is 9.39. The van der Waals surface area contributed by atoms with Gasteiger partial charge in [0.15, 0.2) is 0 Å². The molecule has 4 rings (SSSR count). The Balaban J connectivity index is 1.34. The van der Waals surface area contributed by atoms with E-state index in [0.29, 0.717) is 38.2 Å². The van der Waals surface area contributed by atoms with E-state index < -0.39 is 0 Å². The molecule has 0 bridgehead atoms. The van der Waals surface area contributed by atoms with E-state index >= 15 is 0 Å². The molecule has 2 aromatic rings. The van der Waals surface area contributed by atoms with Crippen molar-refractivity contribution in [3.05, 3.63) is 48.3 Å². The molecular weight excluding hydrogens is 352 g/mol. The molecule has 0 unspecified atom stereocenters. The van der Waals surface area contributed by atoms with Crippen LogP contribution in [0.25, 0.3) is 5.69 Å². The van der Waals surface area contributed by atoms with Gasteiger partial charge >= 0.3 is 0 Å². The first kappa shape index (κ1) is 18.7. The molecule has 28 heavy (non-hydrogen) atoms. The predicted octanol–water partition coefficient (Wildman–Crippen LogP) is 3.13. The van der Waals surface area contributed by atoms with Crippen LogP contribution in [0.3, 0.4) is 0 Å². The molecule has 6 nitrogen and oxygen atoms in total. The molecule has 6 heteroatoms. The highest BCUT2D eigenvalue weighted by atomic mass is 16.2. The Kier molecular flexibility index (Phi) is 5.74. The standard InChI is InChI=1S/C22H28N4O2/c27-21(11-10-18-6-1-2-7-18)24-14-16-25(17-15-24)22(28)19-8-3-4-9-20(19)26-13-5-12-23-26/h3-5,8-9,12-13,18H,1-2,6-7,10-11,14-17H2. The second-order valence-corrected chi connectivity index (χ2v) is 7.83. The van der Waals surface area contributed by atoms with Gasteiger partial charge in [-0.15, -0.1) is 0 Å². The number of hydrogen-bond donors (Lipinski definition) is 0. The number of hydrogen-bond acceptors (Lipinski definition) is 3. The highest BCUT2D eigenvalue weighted by molar-refractivity contribution is 5.98. The summed E-state index contributed by atoms with van der Waals surface area (Å²) >= 11 is 0. The average Bonchev–Trinajstić information content (AvgIpc) is 3.46. The van der Waals surface area contributed by atoms with E-state index in [4.69, 9.17) is 0 Å². The smallest absolute Gasteiger partial charge is 0.256 e. The Labute approximate surface area is 166 Å². The molecule has 0 radical (unpaired) electrons. The fourth-order valence-electron chi connectivity index (χ4n) is 4.38. The minimum Gasteiger partial charge on any atom is -0.339 e. The van der Waals surface area contributed by atoms with E-state index in [1.54, 1.807) is 10.9 Å². The first-order valence-electron chi connectivity index (χ1n) is 10.4. The van der Waals surface area contributed by atoms with Gasteiger partial charge in [-0.3, -0.25) is 9.59 Å². The zero-order chi connectivity index (χ0) is 19.3. The first-order valence-corrected chi connectivity index (χ1v) is 10.4. The summed E-state index contributed by atoms with van der Waals surface area (Å²) in [5, 5.41) is 4.26. The van der Waals surface area contributed by atoms with Gasteiger partial charge in [0, 0.05) is 45.0 Å². The van der Waals surface area contributed by atoms with Crippen molar-refractivity contribution in [2.24, 2.45) is 5.92 Å². The number of para-hydroxylation sites is 1. The molecule has 2 amide bonds. The van der Waals surface area contributed by atoms with E-state index in [0.717, 1.165) is 18.0 Å². The Morgan fingerprint density at radius 3 is 2.39 bits per heavy atom. The normalized spacial score (nSPS) is 17.9. The van der Waals surface area contributed by atoms with Gasteiger partial charge in [-0.2, -0.15) is 5.10 Å². The lowest BCUT2D eigenvalue weighted by molar-refractivity contribution is -0.133. The van der Waals surface area contributed by atoms with Crippen LogP contribution >= 0.6 is 0 Å². The number of amides is 2. The van der Waals surface area contributed by atoms with Gasteiger partial charge in [-0.1, -0.05) is 37.8 Å². The van der Waals surface area contributed by atoms with Crippen LogP contribution in [0.1, 0.15) is 48.9 Å². The first-order chi connectivity index (χ1) is 13.7. The van der Waals surface area contributed by atoms with Gasteiger partial charge in [0.2, 0.25) is 5.91 Å². The quantitative estimate of drug-likeness (QED) is 0.801. The van der Waals surface area contributed by atoms with Crippen molar-refractivity contribution in [1.82, 2.24) is 19.6 Å². The highest BCUT2D eigenvalue weighted by Crippen LogP contribution is 2.28. The van der Waals surface area contributed by atoms with Crippen molar-refractivity contribution in [2.45, 2.75) is 38.5 Å². The van der Waals surface area contributed by atoms with Crippen molar-refractivity contribution in [3.63, 3.8) is 0 Å². The molecule has 1 aromatic carbocycles. The largest absolute Gasteiger partial charge is 0.339 e. The van der Waals surface area contributed by atoms with Gasteiger partial charge in [0.25, 0.3) is 5.91 Å². The van der Waals surface area contributed by atoms with E-state index in [1.807, 2.05) is 46.3 Å². The predicted molar refractivity (Wildman–Crippen MR) is 107 cm³/mol. The fraction of sp³-hybridized carbons (Fsp3) is 0.500. The SMILES string of the molecule is O=C(CCC1CCCC1)N1CCN(C(=O)c2ccccc2-n2cccn2)CC1. The lowest BCUT2D eigenvalue weighted by Crippen LogP contribution is -2.50.